The molecule has 6 rings (SSSR count). The third-order valence-electron chi connectivity index (χ3n) is 7.39. The summed E-state index contributed by atoms with van der Waals surface area (Å²) >= 11 is 0. The van der Waals surface area contributed by atoms with Crippen molar-refractivity contribution in [2.45, 2.75) is 19.0 Å². The standard InChI is InChI=1S/C32H28N2O3/c1-20(21-11-5-4-6-12-21)34-31(23-13-7-8-14-24(23)32(34)35)29-25-15-9-10-16-27(25)33-30(29)26-19-22(36-2)17-18-28(26)37-3/h4-20,31,33H,1-3H3/t20-,31+/m1/s1. The average Bonchev–Trinajstić information content (AvgIpc) is 3.47. The molecule has 0 unspecified atom stereocenters. The van der Waals surface area contributed by atoms with Crippen molar-refractivity contribution in [2.24, 2.45) is 0 Å². The van der Waals surface area contributed by atoms with Crippen LogP contribution in [0.5, 0.6) is 11.5 Å². The highest BCUT2D eigenvalue weighted by atomic mass is 16.5. The Balaban J connectivity index is 1.65. The van der Waals surface area contributed by atoms with Crippen molar-refractivity contribution in [1.82, 2.24) is 9.88 Å². The second kappa shape index (κ2) is 9.17. The summed E-state index contributed by atoms with van der Waals surface area (Å²) in [5.74, 6) is 1.50. The minimum absolute atomic E-state index is 0.0331. The van der Waals surface area contributed by atoms with E-state index in [0.29, 0.717) is 0 Å². The molecule has 1 aliphatic rings. The molecule has 1 N–H and O–H groups in total. The van der Waals surface area contributed by atoms with Crippen LogP contribution in [0.4, 0.5) is 0 Å². The first-order valence-electron chi connectivity index (χ1n) is 12.4. The average molecular weight is 489 g/mol. The molecule has 0 fully saturated rings. The number of hydrogen-bond donors (Lipinski definition) is 1. The number of carbonyl (C=O) groups is 1. The van der Waals surface area contributed by atoms with Gasteiger partial charge >= 0.3 is 0 Å². The summed E-state index contributed by atoms with van der Waals surface area (Å²) in [5.41, 5.74) is 6.68. The number of aromatic nitrogens is 1. The van der Waals surface area contributed by atoms with E-state index in [9.17, 15) is 4.79 Å². The molecule has 1 aliphatic heterocycles. The molecule has 0 saturated carbocycles. The number of hydrogen-bond acceptors (Lipinski definition) is 3. The number of aromatic amines is 1. The summed E-state index contributed by atoms with van der Waals surface area (Å²) in [7, 11) is 3.33. The van der Waals surface area contributed by atoms with E-state index < -0.39 is 0 Å². The molecule has 2 heterocycles. The Labute approximate surface area is 216 Å². The van der Waals surface area contributed by atoms with Crippen molar-refractivity contribution in [3.63, 3.8) is 0 Å². The molecule has 184 valence electrons. The first kappa shape index (κ1) is 22.9. The monoisotopic (exact) mass is 488 g/mol. The van der Waals surface area contributed by atoms with E-state index in [2.05, 4.69) is 42.2 Å². The van der Waals surface area contributed by atoms with Crippen LogP contribution in [0.25, 0.3) is 22.2 Å². The number of amides is 1. The number of nitrogens with one attached hydrogen (secondary N) is 1. The molecule has 1 amide bonds. The summed E-state index contributed by atoms with van der Waals surface area (Å²) in [5, 5.41) is 1.07. The highest BCUT2D eigenvalue weighted by Crippen LogP contribution is 2.49. The smallest absolute Gasteiger partial charge is 0.255 e. The van der Waals surface area contributed by atoms with Gasteiger partial charge in [0.25, 0.3) is 5.91 Å². The van der Waals surface area contributed by atoms with E-state index in [0.717, 1.165) is 55.9 Å². The number of methoxy groups -OCH3 is 2. The summed E-state index contributed by atoms with van der Waals surface area (Å²) in [6.07, 6.45) is 0. The largest absolute Gasteiger partial charge is 0.497 e. The van der Waals surface area contributed by atoms with Gasteiger partial charge in [-0.25, -0.2) is 0 Å². The summed E-state index contributed by atoms with van der Waals surface area (Å²) in [4.78, 5) is 19.7. The summed E-state index contributed by atoms with van der Waals surface area (Å²) < 4.78 is 11.4. The van der Waals surface area contributed by atoms with Gasteiger partial charge in [0.15, 0.2) is 0 Å². The zero-order valence-electron chi connectivity index (χ0n) is 21.1. The molecule has 0 spiro atoms. The number of H-pyrrole nitrogens is 1. The van der Waals surface area contributed by atoms with Crippen molar-refractivity contribution in [3.8, 4) is 22.8 Å². The highest BCUT2D eigenvalue weighted by molar-refractivity contribution is 6.02. The van der Waals surface area contributed by atoms with Gasteiger partial charge in [-0.2, -0.15) is 0 Å². The van der Waals surface area contributed by atoms with Crippen molar-refractivity contribution < 1.29 is 14.3 Å². The maximum absolute atomic E-state index is 14.0. The van der Waals surface area contributed by atoms with Gasteiger partial charge in [-0.3, -0.25) is 4.79 Å². The quantitative estimate of drug-likeness (QED) is 0.276. The summed E-state index contributed by atoms with van der Waals surface area (Å²) in [6.45, 7) is 2.10. The van der Waals surface area contributed by atoms with Crippen LogP contribution in [0, 0.1) is 0 Å². The molecular formula is C32H28N2O3. The zero-order valence-corrected chi connectivity index (χ0v) is 21.1. The number of ether oxygens (including phenoxy) is 2. The number of rotatable bonds is 6. The van der Waals surface area contributed by atoms with Crippen molar-refractivity contribution in [3.05, 3.63) is 119 Å². The lowest BCUT2D eigenvalue weighted by Gasteiger charge is -2.32. The van der Waals surface area contributed by atoms with Crippen LogP contribution in [0.3, 0.4) is 0 Å². The number of fused-ring (bicyclic) bond motifs is 2. The third kappa shape index (κ3) is 3.66. The number of benzene rings is 4. The Morgan fingerprint density at radius 3 is 2.32 bits per heavy atom. The molecule has 2 atom stereocenters. The Morgan fingerprint density at radius 2 is 1.54 bits per heavy atom. The minimum Gasteiger partial charge on any atom is -0.497 e. The Kier molecular flexibility index (Phi) is 5.68. The van der Waals surface area contributed by atoms with Crippen LogP contribution in [-0.2, 0) is 0 Å². The molecule has 0 aliphatic carbocycles. The maximum atomic E-state index is 14.0. The van der Waals surface area contributed by atoms with Crippen LogP contribution < -0.4 is 9.47 Å². The van der Waals surface area contributed by atoms with Gasteiger partial charge in [-0.1, -0.05) is 66.7 Å². The third-order valence-corrected chi connectivity index (χ3v) is 7.39. The van der Waals surface area contributed by atoms with Crippen molar-refractivity contribution in [2.75, 3.05) is 14.2 Å². The molecular weight excluding hydrogens is 460 g/mol. The minimum atomic E-state index is -0.291. The van der Waals surface area contributed by atoms with E-state index in [4.69, 9.17) is 9.47 Å². The van der Waals surface area contributed by atoms with Gasteiger partial charge in [-0.15, -0.1) is 0 Å². The number of nitrogens with zero attached hydrogens (tertiary/aromatic N) is 1. The lowest BCUT2D eigenvalue weighted by atomic mass is 9.92. The van der Waals surface area contributed by atoms with Crippen LogP contribution in [0.2, 0.25) is 0 Å². The Bertz CT molecular complexity index is 1610. The van der Waals surface area contributed by atoms with Crippen LogP contribution in [0.1, 0.15) is 46.1 Å². The molecule has 5 nitrogen and oxygen atoms in total. The number of carbonyl (C=O) groups excluding carboxylic acids is 1. The van der Waals surface area contributed by atoms with Crippen LogP contribution in [-0.4, -0.2) is 30.0 Å². The first-order valence-corrected chi connectivity index (χ1v) is 12.4. The fourth-order valence-corrected chi connectivity index (χ4v) is 5.59. The van der Waals surface area contributed by atoms with E-state index in [1.165, 1.54) is 0 Å². The molecule has 4 aromatic carbocycles. The summed E-state index contributed by atoms with van der Waals surface area (Å²) in [6, 6.07) is 31.8. The zero-order chi connectivity index (χ0) is 25.5. The topological polar surface area (TPSA) is 54.6 Å². The highest BCUT2D eigenvalue weighted by Gasteiger charge is 2.43. The lowest BCUT2D eigenvalue weighted by molar-refractivity contribution is 0.0678. The predicted molar refractivity (Wildman–Crippen MR) is 146 cm³/mol. The fraction of sp³-hybridized carbons (Fsp3) is 0.156. The SMILES string of the molecule is COc1ccc(OC)c(-c2[nH]c3ccccc3c2[C@@H]2c3ccccc3C(=O)N2[C@H](C)c2ccccc2)c1. The van der Waals surface area contributed by atoms with E-state index in [-0.39, 0.29) is 18.0 Å². The first-order chi connectivity index (χ1) is 18.1. The molecule has 0 saturated heterocycles. The van der Waals surface area contributed by atoms with E-state index >= 15 is 0 Å². The maximum Gasteiger partial charge on any atom is 0.255 e. The van der Waals surface area contributed by atoms with Crippen molar-refractivity contribution >= 4 is 16.8 Å². The van der Waals surface area contributed by atoms with Crippen LogP contribution >= 0.6 is 0 Å². The second-order valence-electron chi connectivity index (χ2n) is 9.31. The number of para-hydroxylation sites is 1. The van der Waals surface area contributed by atoms with Crippen LogP contribution in [0.15, 0.2) is 97.1 Å². The predicted octanol–water partition coefficient (Wildman–Crippen LogP) is 7.16. The van der Waals surface area contributed by atoms with Gasteiger partial charge in [0.05, 0.1) is 32.0 Å². The second-order valence-corrected chi connectivity index (χ2v) is 9.31. The fourth-order valence-electron chi connectivity index (χ4n) is 5.59. The van der Waals surface area contributed by atoms with Gasteiger partial charge in [0, 0.05) is 27.6 Å². The van der Waals surface area contributed by atoms with E-state index in [1.807, 2.05) is 71.6 Å². The Hall–Kier alpha value is -4.51. The van der Waals surface area contributed by atoms with Gasteiger partial charge in [0.1, 0.15) is 11.5 Å². The lowest BCUT2D eigenvalue weighted by Crippen LogP contribution is -2.31. The van der Waals surface area contributed by atoms with E-state index in [1.54, 1.807) is 14.2 Å². The van der Waals surface area contributed by atoms with Gasteiger partial charge < -0.3 is 19.4 Å². The molecule has 0 radical (unpaired) electrons. The van der Waals surface area contributed by atoms with Gasteiger partial charge in [-0.05, 0) is 48.4 Å². The van der Waals surface area contributed by atoms with Gasteiger partial charge in [0.2, 0.25) is 0 Å². The van der Waals surface area contributed by atoms with Crippen molar-refractivity contribution in [1.29, 1.82) is 0 Å². The molecule has 5 heteroatoms. The molecule has 1 aromatic heterocycles. The molecule has 5 aromatic rings. The normalized spacial score (nSPS) is 15.6. The molecule has 0 bridgehead atoms. The molecule has 37 heavy (non-hydrogen) atoms. The Morgan fingerprint density at radius 1 is 0.811 bits per heavy atom.